The zero-order valence-electron chi connectivity index (χ0n) is 14.9. The molecule has 0 atom stereocenters. The van der Waals surface area contributed by atoms with Crippen LogP contribution < -0.4 is 9.80 Å². The van der Waals surface area contributed by atoms with E-state index in [1.165, 1.54) is 19.3 Å². The van der Waals surface area contributed by atoms with Gasteiger partial charge in [-0.15, -0.1) is 0 Å². The van der Waals surface area contributed by atoms with Gasteiger partial charge < -0.3 is 9.80 Å². The van der Waals surface area contributed by atoms with Gasteiger partial charge in [0.1, 0.15) is 5.82 Å². The number of aryl methyl sites for hydroxylation is 1. The molecule has 2 aliphatic heterocycles. The molecule has 3 fully saturated rings. The number of hydrogen-bond acceptors (Lipinski definition) is 6. The van der Waals surface area contributed by atoms with Crippen LogP contribution in [0.4, 0.5) is 11.8 Å². The van der Waals surface area contributed by atoms with E-state index in [9.17, 15) is 8.42 Å². The Morgan fingerprint density at radius 2 is 1.60 bits per heavy atom. The highest BCUT2D eigenvalue weighted by Crippen LogP contribution is 2.31. The molecule has 3 heterocycles. The lowest BCUT2D eigenvalue weighted by Gasteiger charge is -2.35. The molecule has 1 aromatic rings. The molecule has 25 heavy (non-hydrogen) atoms. The van der Waals surface area contributed by atoms with Crippen LogP contribution in [0.3, 0.4) is 0 Å². The Balaban J connectivity index is 1.46. The fourth-order valence-corrected chi connectivity index (χ4v) is 5.51. The highest BCUT2D eigenvalue weighted by atomic mass is 32.2. The van der Waals surface area contributed by atoms with Gasteiger partial charge in [0.15, 0.2) is 0 Å². The number of piperazine rings is 1. The second-order valence-corrected chi connectivity index (χ2v) is 9.56. The van der Waals surface area contributed by atoms with E-state index in [4.69, 9.17) is 4.98 Å². The average Bonchev–Trinajstić information content (AvgIpc) is 3.48. The first-order valence-electron chi connectivity index (χ1n) is 9.38. The standard InChI is InChI=1S/C17H27N5O2S/c1-14-13-16(20-7-3-2-4-8-20)19-17(18-14)21-9-11-22(12-10-21)25(23,24)15-5-6-15/h13,15H,2-12H2,1H3. The SMILES string of the molecule is Cc1cc(N2CCCCC2)nc(N2CCN(S(=O)(=O)C3CC3)CC2)n1. The summed E-state index contributed by atoms with van der Waals surface area (Å²) < 4.78 is 26.4. The fraction of sp³-hybridized carbons (Fsp3) is 0.765. The molecular weight excluding hydrogens is 338 g/mol. The van der Waals surface area contributed by atoms with Gasteiger partial charge in [-0.25, -0.2) is 13.4 Å². The Bertz CT molecular complexity index is 721. The van der Waals surface area contributed by atoms with Crippen LogP contribution >= 0.6 is 0 Å². The second-order valence-electron chi connectivity index (χ2n) is 7.35. The summed E-state index contributed by atoms with van der Waals surface area (Å²) in [5.41, 5.74) is 0.971. The zero-order valence-corrected chi connectivity index (χ0v) is 15.7. The van der Waals surface area contributed by atoms with Crippen LogP contribution in [0.5, 0.6) is 0 Å². The molecule has 0 unspecified atom stereocenters. The molecule has 1 aliphatic carbocycles. The Morgan fingerprint density at radius 3 is 2.24 bits per heavy atom. The van der Waals surface area contributed by atoms with Gasteiger partial charge in [-0.2, -0.15) is 9.29 Å². The summed E-state index contributed by atoms with van der Waals surface area (Å²) in [4.78, 5) is 13.9. The number of rotatable bonds is 4. The molecule has 0 spiro atoms. The summed E-state index contributed by atoms with van der Waals surface area (Å²) in [6.45, 7) is 6.52. The highest BCUT2D eigenvalue weighted by Gasteiger charge is 2.41. The minimum atomic E-state index is -3.07. The van der Waals surface area contributed by atoms with Crippen molar-refractivity contribution < 1.29 is 8.42 Å². The maximum absolute atomic E-state index is 12.4. The van der Waals surface area contributed by atoms with Gasteiger partial charge in [0.05, 0.1) is 5.25 Å². The monoisotopic (exact) mass is 365 g/mol. The number of piperidine rings is 1. The summed E-state index contributed by atoms with van der Waals surface area (Å²) >= 11 is 0. The van der Waals surface area contributed by atoms with Crippen LogP contribution in [0.25, 0.3) is 0 Å². The minimum absolute atomic E-state index is 0.125. The molecule has 8 heteroatoms. The van der Waals surface area contributed by atoms with Crippen molar-refractivity contribution in [1.29, 1.82) is 0 Å². The minimum Gasteiger partial charge on any atom is -0.356 e. The summed E-state index contributed by atoms with van der Waals surface area (Å²) in [5.74, 6) is 1.75. The lowest BCUT2D eigenvalue weighted by Crippen LogP contribution is -2.50. The maximum Gasteiger partial charge on any atom is 0.227 e. The average molecular weight is 366 g/mol. The Morgan fingerprint density at radius 1 is 0.920 bits per heavy atom. The summed E-state index contributed by atoms with van der Waals surface area (Å²) in [5, 5.41) is -0.125. The topological polar surface area (TPSA) is 69.6 Å². The predicted octanol–water partition coefficient (Wildman–Crippen LogP) is 1.39. The molecule has 7 nitrogen and oxygen atoms in total. The van der Waals surface area contributed by atoms with Crippen molar-refractivity contribution in [2.75, 3.05) is 49.1 Å². The first-order chi connectivity index (χ1) is 12.0. The summed E-state index contributed by atoms with van der Waals surface area (Å²) in [6, 6.07) is 2.06. The second kappa shape index (κ2) is 6.72. The number of aromatic nitrogens is 2. The lowest BCUT2D eigenvalue weighted by molar-refractivity contribution is 0.381. The number of nitrogens with zero attached hydrogens (tertiary/aromatic N) is 5. The molecule has 1 saturated carbocycles. The summed E-state index contributed by atoms with van der Waals surface area (Å²) in [6.07, 6.45) is 5.38. The van der Waals surface area contributed by atoms with Crippen molar-refractivity contribution in [2.45, 2.75) is 44.3 Å². The van der Waals surface area contributed by atoms with E-state index >= 15 is 0 Å². The molecule has 0 radical (unpaired) electrons. The fourth-order valence-electron chi connectivity index (χ4n) is 3.68. The Hall–Kier alpha value is -1.41. The lowest BCUT2D eigenvalue weighted by atomic mass is 10.1. The van der Waals surface area contributed by atoms with E-state index in [1.807, 2.05) is 6.92 Å². The van der Waals surface area contributed by atoms with E-state index in [2.05, 4.69) is 20.9 Å². The molecule has 0 bridgehead atoms. The number of sulfonamides is 1. The third-order valence-corrected chi connectivity index (χ3v) is 7.73. The van der Waals surface area contributed by atoms with Crippen LogP contribution in [-0.2, 0) is 10.0 Å². The van der Waals surface area contributed by atoms with E-state index in [0.29, 0.717) is 26.2 Å². The van der Waals surface area contributed by atoms with E-state index in [1.54, 1.807) is 4.31 Å². The van der Waals surface area contributed by atoms with Gasteiger partial charge in [0, 0.05) is 51.0 Å². The molecule has 0 aromatic carbocycles. The van der Waals surface area contributed by atoms with Gasteiger partial charge in [0.25, 0.3) is 0 Å². The molecule has 0 amide bonds. The van der Waals surface area contributed by atoms with Crippen LogP contribution in [0.2, 0.25) is 0 Å². The Kier molecular flexibility index (Phi) is 4.58. The van der Waals surface area contributed by atoms with Crippen molar-refractivity contribution in [3.05, 3.63) is 11.8 Å². The van der Waals surface area contributed by atoms with Gasteiger partial charge in [0.2, 0.25) is 16.0 Å². The zero-order chi connectivity index (χ0) is 17.4. The van der Waals surface area contributed by atoms with Gasteiger partial charge in [-0.1, -0.05) is 0 Å². The largest absolute Gasteiger partial charge is 0.356 e. The molecule has 2 saturated heterocycles. The van der Waals surface area contributed by atoms with Crippen molar-refractivity contribution in [1.82, 2.24) is 14.3 Å². The first kappa shape index (κ1) is 17.0. The van der Waals surface area contributed by atoms with Crippen LogP contribution in [0, 0.1) is 6.92 Å². The van der Waals surface area contributed by atoms with Crippen molar-refractivity contribution in [3.63, 3.8) is 0 Å². The predicted molar refractivity (Wildman–Crippen MR) is 98.6 cm³/mol. The number of hydrogen-bond donors (Lipinski definition) is 0. The number of anilines is 2. The van der Waals surface area contributed by atoms with Gasteiger partial charge >= 0.3 is 0 Å². The van der Waals surface area contributed by atoms with E-state index in [-0.39, 0.29) is 5.25 Å². The quantitative estimate of drug-likeness (QED) is 0.803. The molecule has 1 aromatic heterocycles. The van der Waals surface area contributed by atoms with Crippen molar-refractivity contribution in [3.8, 4) is 0 Å². The molecular formula is C17H27N5O2S. The van der Waals surface area contributed by atoms with Crippen molar-refractivity contribution in [2.24, 2.45) is 0 Å². The maximum atomic E-state index is 12.4. The highest BCUT2D eigenvalue weighted by molar-refractivity contribution is 7.90. The van der Waals surface area contributed by atoms with Crippen LogP contribution in [0.1, 0.15) is 37.8 Å². The smallest absolute Gasteiger partial charge is 0.227 e. The van der Waals surface area contributed by atoms with Crippen molar-refractivity contribution >= 4 is 21.8 Å². The van der Waals surface area contributed by atoms with E-state index < -0.39 is 10.0 Å². The van der Waals surface area contributed by atoms with Gasteiger partial charge in [-0.3, -0.25) is 0 Å². The molecule has 0 N–H and O–H groups in total. The van der Waals surface area contributed by atoms with Gasteiger partial charge in [-0.05, 0) is 39.0 Å². The van der Waals surface area contributed by atoms with E-state index in [0.717, 1.165) is 43.4 Å². The molecule has 3 aliphatic rings. The normalized spacial score (nSPS) is 23.1. The molecule has 4 rings (SSSR count). The third kappa shape index (κ3) is 3.60. The van der Waals surface area contributed by atoms with Crippen LogP contribution in [0.15, 0.2) is 6.07 Å². The summed E-state index contributed by atoms with van der Waals surface area (Å²) in [7, 11) is -3.07. The van der Waals surface area contributed by atoms with Crippen LogP contribution in [-0.4, -0.2) is 67.2 Å². The Labute approximate surface area is 150 Å². The first-order valence-corrected chi connectivity index (χ1v) is 10.9. The molecule has 138 valence electrons. The third-order valence-electron chi connectivity index (χ3n) is 5.34.